The zero-order chi connectivity index (χ0) is 29.7. The second kappa shape index (κ2) is 12.9. The summed E-state index contributed by atoms with van der Waals surface area (Å²) in [6.07, 6.45) is -3.09. The summed E-state index contributed by atoms with van der Waals surface area (Å²) in [6, 6.07) is 10.8. The van der Waals surface area contributed by atoms with Gasteiger partial charge in [0.2, 0.25) is 0 Å². The summed E-state index contributed by atoms with van der Waals surface area (Å²) >= 11 is 0. The van der Waals surface area contributed by atoms with E-state index < -0.39 is 22.2 Å². The molecule has 0 atom stereocenters. The molecular formula is C27H35F3N4O5S. The molecule has 40 heavy (non-hydrogen) atoms. The molecule has 2 heterocycles. The van der Waals surface area contributed by atoms with E-state index in [2.05, 4.69) is 21.9 Å². The molecule has 0 bridgehead atoms. The van der Waals surface area contributed by atoms with E-state index in [1.807, 2.05) is 36.1 Å². The molecule has 0 unspecified atom stereocenters. The van der Waals surface area contributed by atoms with Gasteiger partial charge in [-0.05, 0) is 68.0 Å². The van der Waals surface area contributed by atoms with E-state index in [9.17, 15) is 26.4 Å². The van der Waals surface area contributed by atoms with Crippen molar-refractivity contribution in [2.45, 2.75) is 44.7 Å². The number of piperazine rings is 1. The molecule has 2 aromatic carbocycles. The number of carbonyl (C=O) groups excluding carboxylic acids is 1. The number of nitrogens with one attached hydrogen (secondary N) is 2. The highest BCUT2D eigenvalue weighted by Crippen LogP contribution is 2.31. The predicted octanol–water partition coefficient (Wildman–Crippen LogP) is 4.02. The predicted molar refractivity (Wildman–Crippen MR) is 146 cm³/mol. The van der Waals surface area contributed by atoms with Gasteiger partial charge in [-0.1, -0.05) is 19.1 Å². The van der Waals surface area contributed by atoms with Crippen molar-refractivity contribution in [2.24, 2.45) is 5.92 Å². The summed E-state index contributed by atoms with van der Waals surface area (Å²) in [5.41, 5.74) is 3.34. The number of nitrogens with zero attached hydrogens (tertiary/aromatic N) is 2. The third-order valence-corrected chi connectivity index (χ3v) is 8.40. The van der Waals surface area contributed by atoms with Crippen LogP contribution in [0.3, 0.4) is 0 Å². The third kappa shape index (κ3) is 8.10. The Labute approximate surface area is 232 Å². The molecule has 0 radical (unpaired) electrons. The first-order chi connectivity index (χ1) is 18.7. The fraction of sp³-hybridized carbons (Fsp3) is 0.481. The van der Waals surface area contributed by atoms with Crippen LogP contribution in [0.15, 0.2) is 41.3 Å². The van der Waals surface area contributed by atoms with Crippen molar-refractivity contribution in [3.63, 3.8) is 0 Å². The number of sulfonamides is 1. The van der Waals surface area contributed by atoms with Gasteiger partial charge in [0.25, 0.3) is 15.9 Å². The van der Waals surface area contributed by atoms with Crippen LogP contribution in [0.4, 0.5) is 24.5 Å². The summed E-state index contributed by atoms with van der Waals surface area (Å²) in [7, 11) is -3.82. The number of carboxylic acids is 1. The van der Waals surface area contributed by atoms with E-state index in [1.165, 1.54) is 0 Å². The number of alkyl halides is 3. The van der Waals surface area contributed by atoms with Crippen molar-refractivity contribution in [1.82, 2.24) is 10.2 Å². The number of halogens is 3. The Bertz CT molecular complexity index is 1320. The van der Waals surface area contributed by atoms with E-state index in [-0.39, 0.29) is 10.8 Å². The highest BCUT2D eigenvalue weighted by Gasteiger charge is 2.38. The van der Waals surface area contributed by atoms with Crippen LogP contribution in [0, 0.1) is 19.8 Å². The highest BCUT2D eigenvalue weighted by atomic mass is 32.2. The zero-order valence-electron chi connectivity index (χ0n) is 22.7. The van der Waals surface area contributed by atoms with E-state index in [0.29, 0.717) is 22.7 Å². The number of hydrogen-bond acceptors (Lipinski definition) is 6. The Balaban J connectivity index is 0.000000559. The number of anilines is 2. The van der Waals surface area contributed by atoms with E-state index in [0.717, 1.165) is 63.4 Å². The maximum Gasteiger partial charge on any atom is 0.490 e. The number of piperidine rings is 1. The average Bonchev–Trinajstić information content (AvgIpc) is 2.90. The molecule has 2 aliphatic rings. The standard InChI is InChI=1S/C25H34N4O3S.C2HF3O2/c1-18-8-12-29(13-9-18)25(30)21-6-7-23(28-14-10-26-11-15-28)22(17-21)27-33(31,32)24-16-19(2)4-5-20(24)3;3-2(4,5)1(6)7/h4-7,16-18,26-27H,8-15H2,1-3H3;(H,6,7). The number of carboxylic acid groups (broad SMARTS) is 1. The van der Waals surface area contributed by atoms with Gasteiger partial charge in [-0.15, -0.1) is 0 Å². The molecule has 2 saturated heterocycles. The minimum Gasteiger partial charge on any atom is -0.475 e. The van der Waals surface area contributed by atoms with Gasteiger partial charge in [0, 0.05) is 44.8 Å². The first kappa shape index (κ1) is 31.2. The topological polar surface area (TPSA) is 119 Å². The Kier molecular flexibility index (Phi) is 10.1. The van der Waals surface area contributed by atoms with Crippen LogP contribution < -0.4 is 14.9 Å². The molecule has 220 valence electrons. The number of benzene rings is 2. The quantitative estimate of drug-likeness (QED) is 0.486. The number of carbonyl (C=O) groups is 2. The van der Waals surface area contributed by atoms with E-state index in [4.69, 9.17) is 9.90 Å². The van der Waals surface area contributed by atoms with Gasteiger partial charge >= 0.3 is 12.1 Å². The lowest BCUT2D eigenvalue weighted by atomic mass is 9.98. The van der Waals surface area contributed by atoms with Crippen LogP contribution in [-0.2, 0) is 14.8 Å². The lowest BCUT2D eigenvalue weighted by molar-refractivity contribution is -0.192. The van der Waals surface area contributed by atoms with Crippen molar-refractivity contribution in [3.8, 4) is 0 Å². The molecular weight excluding hydrogens is 549 g/mol. The maximum absolute atomic E-state index is 13.4. The number of likely N-dealkylation sites (tertiary alicyclic amines) is 1. The molecule has 9 nitrogen and oxygen atoms in total. The summed E-state index contributed by atoms with van der Waals surface area (Å²) in [6.45, 7) is 10.6. The molecule has 0 aromatic heterocycles. The Morgan fingerprint density at radius 1 is 1.00 bits per heavy atom. The van der Waals surface area contributed by atoms with Gasteiger partial charge in [0.1, 0.15) is 0 Å². The normalized spacial score (nSPS) is 16.6. The number of amides is 1. The minimum absolute atomic E-state index is 0.0408. The minimum atomic E-state index is -5.08. The third-order valence-electron chi connectivity index (χ3n) is 6.89. The summed E-state index contributed by atoms with van der Waals surface area (Å²) in [5.74, 6) is -2.17. The van der Waals surface area contributed by atoms with Gasteiger partial charge in [-0.2, -0.15) is 13.2 Å². The highest BCUT2D eigenvalue weighted by molar-refractivity contribution is 7.92. The molecule has 2 aromatic rings. The Morgan fingerprint density at radius 2 is 1.60 bits per heavy atom. The first-order valence-electron chi connectivity index (χ1n) is 13.0. The largest absolute Gasteiger partial charge is 0.490 e. The maximum atomic E-state index is 13.4. The molecule has 0 aliphatic carbocycles. The zero-order valence-corrected chi connectivity index (χ0v) is 23.5. The van der Waals surface area contributed by atoms with E-state index >= 15 is 0 Å². The molecule has 2 aliphatic heterocycles. The van der Waals surface area contributed by atoms with Gasteiger partial charge < -0.3 is 20.2 Å². The summed E-state index contributed by atoms with van der Waals surface area (Å²) in [4.78, 5) is 26.4. The van der Waals surface area contributed by atoms with Crippen molar-refractivity contribution < 1.29 is 36.3 Å². The summed E-state index contributed by atoms with van der Waals surface area (Å²) in [5, 5.41) is 10.5. The van der Waals surface area contributed by atoms with Crippen LogP contribution in [-0.4, -0.2) is 75.7 Å². The van der Waals surface area contributed by atoms with Crippen LogP contribution >= 0.6 is 0 Å². The molecule has 2 fully saturated rings. The van der Waals surface area contributed by atoms with Crippen LogP contribution in [0.25, 0.3) is 0 Å². The lowest BCUT2D eigenvalue weighted by Crippen LogP contribution is -2.44. The molecule has 0 spiro atoms. The van der Waals surface area contributed by atoms with Gasteiger partial charge in [-0.3, -0.25) is 9.52 Å². The number of hydrogen-bond donors (Lipinski definition) is 3. The van der Waals surface area contributed by atoms with Crippen molar-refractivity contribution in [3.05, 3.63) is 53.1 Å². The molecule has 0 saturated carbocycles. The van der Waals surface area contributed by atoms with Crippen molar-refractivity contribution >= 4 is 33.3 Å². The molecule has 3 N–H and O–H groups in total. The van der Waals surface area contributed by atoms with Crippen LogP contribution in [0.5, 0.6) is 0 Å². The first-order valence-corrected chi connectivity index (χ1v) is 14.5. The average molecular weight is 585 g/mol. The molecule has 1 amide bonds. The van der Waals surface area contributed by atoms with Crippen LogP contribution in [0.2, 0.25) is 0 Å². The van der Waals surface area contributed by atoms with Gasteiger partial charge in [-0.25, -0.2) is 13.2 Å². The monoisotopic (exact) mass is 584 g/mol. The smallest absolute Gasteiger partial charge is 0.475 e. The fourth-order valence-electron chi connectivity index (χ4n) is 4.52. The van der Waals surface area contributed by atoms with Gasteiger partial charge in [0.05, 0.1) is 16.3 Å². The second-order valence-corrected chi connectivity index (χ2v) is 11.8. The molecule has 13 heteroatoms. The lowest BCUT2D eigenvalue weighted by Gasteiger charge is -2.32. The number of aliphatic carboxylic acids is 1. The second-order valence-electron chi connectivity index (χ2n) is 10.1. The number of rotatable bonds is 5. The van der Waals surface area contributed by atoms with Crippen molar-refractivity contribution in [1.29, 1.82) is 0 Å². The number of aryl methyl sites for hydroxylation is 2. The SMILES string of the molecule is Cc1ccc(C)c(S(=O)(=O)Nc2cc(C(=O)N3CCC(C)CC3)ccc2N2CCNCC2)c1.O=C(O)C(F)(F)F. The summed E-state index contributed by atoms with van der Waals surface area (Å²) < 4.78 is 61.3. The van der Waals surface area contributed by atoms with Crippen LogP contribution in [0.1, 0.15) is 41.3 Å². The molecule has 4 rings (SSSR count). The Hall–Kier alpha value is -3.32. The van der Waals surface area contributed by atoms with Gasteiger partial charge in [0.15, 0.2) is 0 Å². The Morgan fingerprint density at radius 3 is 2.17 bits per heavy atom. The van der Waals surface area contributed by atoms with E-state index in [1.54, 1.807) is 19.1 Å². The fourth-order valence-corrected chi connectivity index (χ4v) is 5.92. The van der Waals surface area contributed by atoms with Crippen molar-refractivity contribution in [2.75, 3.05) is 48.9 Å².